The highest BCUT2D eigenvalue weighted by atomic mass is 35.5. The topological polar surface area (TPSA) is 73.9 Å². The quantitative estimate of drug-likeness (QED) is 0.527. The molecule has 0 saturated carbocycles. The smallest absolute Gasteiger partial charge is 0.331 e. The van der Waals surface area contributed by atoms with Crippen molar-refractivity contribution < 1.29 is 28.2 Å². The molecule has 0 unspecified atom stereocenters. The maximum absolute atomic E-state index is 13.0. The third kappa shape index (κ3) is 6.28. The van der Waals surface area contributed by atoms with Gasteiger partial charge in [0.1, 0.15) is 5.82 Å². The first-order valence-electron chi connectivity index (χ1n) is 8.33. The van der Waals surface area contributed by atoms with Crippen molar-refractivity contribution in [3.63, 3.8) is 0 Å². The van der Waals surface area contributed by atoms with Crippen molar-refractivity contribution in [1.29, 1.82) is 0 Å². The van der Waals surface area contributed by atoms with Gasteiger partial charge in [-0.2, -0.15) is 0 Å². The predicted octanol–water partition coefficient (Wildman–Crippen LogP) is 4.08. The summed E-state index contributed by atoms with van der Waals surface area (Å²) in [6.07, 6.45) is 2.72. The second kappa shape index (κ2) is 10.3. The molecule has 0 radical (unpaired) electrons. The van der Waals surface area contributed by atoms with Gasteiger partial charge in [0.05, 0.1) is 24.4 Å². The Labute approximate surface area is 166 Å². The van der Waals surface area contributed by atoms with Gasteiger partial charge >= 0.3 is 5.97 Å². The molecular weight excluding hydrogens is 389 g/mol. The maximum atomic E-state index is 13.0. The fraction of sp³-hybridized carbons (Fsp3) is 0.200. The zero-order valence-electron chi connectivity index (χ0n) is 15.3. The number of anilines is 1. The van der Waals surface area contributed by atoms with Crippen LogP contribution < -0.4 is 14.8 Å². The minimum absolute atomic E-state index is 0.0455. The van der Waals surface area contributed by atoms with Gasteiger partial charge in [-0.15, -0.1) is 0 Å². The average Bonchev–Trinajstić information content (AvgIpc) is 2.67. The van der Waals surface area contributed by atoms with Gasteiger partial charge in [-0.05, 0) is 48.9 Å². The molecule has 0 aliphatic heterocycles. The van der Waals surface area contributed by atoms with Crippen LogP contribution in [0.5, 0.6) is 11.5 Å². The number of methoxy groups -OCH3 is 1. The number of rotatable bonds is 8. The van der Waals surface area contributed by atoms with Crippen LogP contribution in [0.15, 0.2) is 42.5 Å². The molecule has 0 aliphatic carbocycles. The Morgan fingerprint density at radius 3 is 2.64 bits per heavy atom. The number of amides is 1. The van der Waals surface area contributed by atoms with Gasteiger partial charge in [0, 0.05) is 6.08 Å². The number of nitrogens with one attached hydrogen (secondary N) is 1. The number of esters is 1. The molecule has 0 spiro atoms. The third-order valence-corrected chi connectivity index (χ3v) is 3.76. The van der Waals surface area contributed by atoms with E-state index in [0.29, 0.717) is 23.7 Å². The fourth-order valence-corrected chi connectivity index (χ4v) is 2.41. The lowest BCUT2D eigenvalue weighted by molar-refractivity contribution is -0.142. The number of carbonyl (C=O) groups is 2. The van der Waals surface area contributed by atoms with Crippen LogP contribution in [-0.4, -0.2) is 32.2 Å². The van der Waals surface area contributed by atoms with Crippen LogP contribution in [0.2, 0.25) is 5.02 Å². The summed E-state index contributed by atoms with van der Waals surface area (Å²) in [4.78, 5) is 23.6. The van der Waals surface area contributed by atoms with Gasteiger partial charge in [0.25, 0.3) is 5.91 Å². The molecule has 28 heavy (non-hydrogen) atoms. The van der Waals surface area contributed by atoms with E-state index in [1.54, 1.807) is 18.2 Å². The van der Waals surface area contributed by atoms with Crippen molar-refractivity contribution >= 4 is 35.2 Å². The Balaban J connectivity index is 1.89. The Kier molecular flexibility index (Phi) is 7.83. The number of ether oxygens (including phenoxy) is 3. The lowest BCUT2D eigenvalue weighted by atomic mass is 10.2. The average molecular weight is 408 g/mol. The van der Waals surface area contributed by atoms with E-state index >= 15 is 0 Å². The second-order valence-corrected chi connectivity index (χ2v) is 5.86. The van der Waals surface area contributed by atoms with Crippen LogP contribution in [0, 0.1) is 5.82 Å². The minimum atomic E-state index is -0.700. The van der Waals surface area contributed by atoms with E-state index in [4.69, 9.17) is 25.8 Å². The highest BCUT2D eigenvalue weighted by Crippen LogP contribution is 2.28. The first-order chi connectivity index (χ1) is 13.4. The summed E-state index contributed by atoms with van der Waals surface area (Å²) in [7, 11) is 1.54. The molecule has 8 heteroatoms. The van der Waals surface area contributed by atoms with Crippen LogP contribution >= 0.6 is 11.6 Å². The maximum Gasteiger partial charge on any atom is 0.331 e. The van der Waals surface area contributed by atoms with E-state index in [0.717, 1.165) is 12.1 Å². The molecule has 148 valence electrons. The van der Waals surface area contributed by atoms with Crippen LogP contribution in [0.25, 0.3) is 6.08 Å². The highest BCUT2D eigenvalue weighted by Gasteiger charge is 2.09. The summed E-state index contributed by atoms with van der Waals surface area (Å²) < 4.78 is 28.5. The van der Waals surface area contributed by atoms with E-state index in [-0.39, 0.29) is 10.7 Å². The van der Waals surface area contributed by atoms with E-state index in [1.165, 1.54) is 25.3 Å². The highest BCUT2D eigenvalue weighted by molar-refractivity contribution is 6.33. The molecule has 2 rings (SSSR count). The molecule has 0 atom stereocenters. The summed E-state index contributed by atoms with van der Waals surface area (Å²) in [6.45, 7) is 1.81. The van der Waals surface area contributed by atoms with Crippen molar-refractivity contribution in [1.82, 2.24) is 0 Å². The van der Waals surface area contributed by atoms with Gasteiger partial charge in [-0.3, -0.25) is 4.79 Å². The first kappa shape index (κ1) is 21.2. The summed E-state index contributed by atoms with van der Waals surface area (Å²) in [5.74, 6) is -0.688. The Morgan fingerprint density at radius 2 is 1.96 bits per heavy atom. The van der Waals surface area contributed by atoms with Gasteiger partial charge < -0.3 is 19.5 Å². The number of hydrogen-bond acceptors (Lipinski definition) is 5. The van der Waals surface area contributed by atoms with Gasteiger partial charge in [0.15, 0.2) is 18.1 Å². The van der Waals surface area contributed by atoms with E-state index in [9.17, 15) is 14.0 Å². The van der Waals surface area contributed by atoms with Crippen molar-refractivity contribution in [2.45, 2.75) is 6.92 Å². The normalized spacial score (nSPS) is 10.6. The predicted molar refractivity (Wildman–Crippen MR) is 104 cm³/mol. The largest absolute Gasteiger partial charge is 0.493 e. The summed E-state index contributed by atoms with van der Waals surface area (Å²) in [5.41, 5.74) is 0.921. The SMILES string of the molecule is CCOc1cc(/C=C/C(=O)OCC(=O)Nc2ccc(F)cc2Cl)ccc1OC. The molecule has 0 saturated heterocycles. The number of carbonyl (C=O) groups excluding carboxylic acids is 2. The van der Waals surface area contributed by atoms with Gasteiger partial charge in [-0.1, -0.05) is 17.7 Å². The monoisotopic (exact) mass is 407 g/mol. The summed E-state index contributed by atoms with van der Waals surface area (Å²) in [5, 5.41) is 2.48. The van der Waals surface area contributed by atoms with Crippen molar-refractivity contribution in [2.24, 2.45) is 0 Å². The first-order valence-corrected chi connectivity index (χ1v) is 8.71. The Bertz CT molecular complexity index is 885. The van der Waals surface area contributed by atoms with Crippen molar-refractivity contribution in [3.05, 3.63) is 58.9 Å². The molecule has 0 bridgehead atoms. The number of halogens is 2. The Hall–Kier alpha value is -3.06. The fourth-order valence-electron chi connectivity index (χ4n) is 2.19. The Morgan fingerprint density at radius 1 is 1.18 bits per heavy atom. The summed E-state index contributed by atoms with van der Waals surface area (Å²) >= 11 is 5.82. The standard InChI is InChI=1S/C20H19ClFNO5/c1-3-27-18-10-13(4-8-17(18)26-2)5-9-20(25)28-12-19(24)23-16-7-6-14(22)11-15(16)21/h4-11H,3,12H2,1-2H3,(H,23,24)/b9-5+. The molecular formula is C20H19ClFNO5. The zero-order valence-corrected chi connectivity index (χ0v) is 16.1. The van der Waals surface area contributed by atoms with Crippen molar-refractivity contribution in [2.75, 3.05) is 25.6 Å². The molecule has 1 amide bonds. The lowest BCUT2D eigenvalue weighted by Gasteiger charge is -2.09. The van der Waals surface area contributed by atoms with E-state index in [1.807, 2.05) is 6.92 Å². The van der Waals surface area contributed by atoms with Crippen LogP contribution in [-0.2, 0) is 14.3 Å². The number of benzene rings is 2. The molecule has 2 aromatic carbocycles. The molecule has 0 fully saturated rings. The van der Waals surface area contributed by atoms with Gasteiger partial charge in [0.2, 0.25) is 0 Å². The summed E-state index contributed by atoms with van der Waals surface area (Å²) in [6, 6.07) is 8.72. The van der Waals surface area contributed by atoms with Gasteiger partial charge in [-0.25, -0.2) is 9.18 Å². The third-order valence-electron chi connectivity index (χ3n) is 3.45. The molecule has 2 aromatic rings. The van der Waals surface area contributed by atoms with Crippen molar-refractivity contribution in [3.8, 4) is 11.5 Å². The minimum Gasteiger partial charge on any atom is -0.493 e. The second-order valence-electron chi connectivity index (χ2n) is 5.46. The zero-order chi connectivity index (χ0) is 20.5. The van der Waals surface area contributed by atoms with E-state index in [2.05, 4.69) is 5.32 Å². The molecule has 1 N–H and O–H groups in total. The molecule has 6 nitrogen and oxygen atoms in total. The molecule has 0 heterocycles. The lowest BCUT2D eigenvalue weighted by Crippen LogP contribution is -2.20. The van der Waals surface area contributed by atoms with Crippen LogP contribution in [0.4, 0.5) is 10.1 Å². The number of hydrogen-bond donors (Lipinski definition) is 1. The van der Waals surface area contributed by atoms with Crippen LogP contribution in [0.3, 0.4) is 0 Å². The molecule has 0 aromatic heterocycles. The van der Waals surface area contributed by atoms with Crippen LogP contribution in [0.1, 0.15) is 12.5 Å². The molecule has 0 aliphatic rings. The van der Waals surface area contributed by atoms with E-state index < -0.39 is 24.3 Å².